The first kappa shape index (κ1) is 32.6. The number of rotatable bonds is 13. The van der Waals surface area contributed by atoms with Crippen molar-refractivity contribution >= 4 is 33.5 Å². The minimum absolute atomic E-state index is 0.189. The summed E-state index contributed by atoms with van der Waals surface area (Å²) < 4.78 is 23.3. The summed E-state index contributed by atoms with van der Waals surface area (Å²) in [4.78, 5) is 28.1. The number of thioether (sulfide) groups is 1. The third-order valence-electron chi connectivity index (χ3n) is 8.97. The average molecular weight is 615 g/mol. The first-order chi connectivity index (χ1) is 20.1. The van der Waals surface area contributed by atoms with Crippen molar-refractivity contribution in [3.8, 4) is 11.1 Å². The van der Waals surface area contributed by atoms with Crippen LogP contribution in [0.3, 0.4) is 0 Å². The van der Waals surface area contributed by atoms with Crippen LogP contribution >= 0.6 is 11.8 Å². The molecule has 2 fully saturated rings. The fourth-order valence-electron chi connectivity index (χ4n) is 6.73. The van der Waals surface area contributed by atoms with E-state index in [4.69, 9.17) is 0 Å². The quantitative estimate of drug-likeness (QED) is 0.288. The zero-order chi connectivity index (χ0) is 30.3. The Hall–Kier alpha value is -2.36. The van der Waals surface area contributed by atoms with Gasteiger partial charge in [0.2, 0.25) is 0 Å². The molecule has 1 amide bonds. The fourth-order valence-corrected chi connectivity index (χ4v) is 8.13. The van der Waals surface area contributed by atoms with E-state index < -0.39 is 27.8 Å². The molecule has 1 aliphatic carbocycles. The molecule has 3 atom stereocenters. The molecular weight excluding hydrogens is 569 g/mol. The Morgan fingerprint density at radius 1 is 1.02 bits per heavy atom. The van der Waals surface area contributed by atoms with Crippen molar-refractivity contribution in [3.05, 3.63) is 59.2 Å². The van der Waals surface area contributed by atoms with Crippen LogP contribution in [-0.4, -0.2) is 72.4 Å². The molecule has 9 heteroatoms. The smallest absolute Gasteiger partial charge is 0.326 e. The number of amides is 1. The molecule has 0 aromatic heterocycles. The number of aliphatic carboxylic acids is 1. The molecule has 0 spiro atoms. The highest BCUT2D eigenvalue weighted by Gasteiger charge is 2.35. The number of carboxylic acid groups (broad SMARTS) is 1. The van der Waals surface area contributed by atoms with Gasteiger partial charge in [0.15, 0.2) is 0 Å². The van der Waals surface area contributed by atoms with Crippen LogP contribution in [0.15, 0.2) is 42.5 Å². The maximum Gasteiger partial charge on any atom is 0.326 e. The van der Waals surface area contributed by atoms with Crippen molar-refractivity contribution in [2.45, 2.75) is 89.4 Å². The highest BCUT2D eigenvalue weighted by molar-refractivity contribution is 7.98. The number of nitrogens with one attached hydrogen (secondary N) is 1. The summed E-state index contributed by atoms with van der Waals surface area (Å²) in [6.07, 6.45) is 13.5. The Balaban J connectivity index is 1.62. The van der Waals surface area contributed by atoms with Gasteiger partial charge in [-0.05, 0) is 79.2 Å². The number of carbonyl (C=O) groups is 2. The molecular formula is C33H46N2O5S2. The molecule has 0 bridgehead atoms. The van der Waals surface area contributed by atoms with Crippen LogP contribution in [0.25, 0.3) is 11.1 Å². The van der Waals surface area contributed by atoms with Gasteiger partial charge < -0.3 is 10.4 Å². The lowest BCUT2D eigenvalue weighted by Gasteiger charge is -2.33. The van der Waals surface area contributed by atoms with Crippen LogP contribution in [0.4, 0.5) is 0 Å². The van der Waals surface area contributed by atoms with Gasteiger partial charge in [-0.2, -0.15) is 11.8 Å². The second-order valence-electron chi connectivity index (χ2n) is 12.2. The number of likely N-dealkylation sites (tertiary alicyclic amines) is 1. The Bertz CT molecular complexity index is 1340. The third kappa shape index (κ3) is 8.83. The number of benzene rings is 2. The fraction of sp³-hybridized carbons (Fsp3) is 0.576. The highest BCUT2D eigenvalue weighted by Crippen LogP contribution is 2.37. The van der Waals surface area contributed by atoms with E-state index in [0.29, 0.717) is 17.6 Å². The van der Waals surface area contributed by atoms with Crippen molar-refractivity contribution < 1.29 is 23.1 Å². The second-order valence-corrected chi connectivity index (χ2v) is 15.4. The summed E-state index contributed by atoms with van der Waals surface area (Å²) in [6.45, 7) is 2.82. The Labute approximate surface area is 255 Å². The molecule has 1 aliphatic heterocycles. The monoisotopic (exact) mass is 614 g/mol. The van der Waals surface area contributed by atoms with Gasteiger partial charge in [-0.15, -0.1) is 0 Å². The van der Waals surface area contributed by atoms with Crippen LogP contribution in [0.5, 0.6) is 0 Å². The molecule has 2 aromatic carbocycles. The van der Waals surface area contributed by atoms with E-state index in [2.05, 4.69) is 22.5 Å². The molecule has 1 saturated heterocycles. The molecule has 4 rings (SSSR count). The summed E-state index contributed by atoms with van der Waals surface area (Å²) in [5.41, 5.74) is 4.23. The molecule has 1 saturated carbocycles. The summed E-state index contributed by atoms with van der Waals surface area (Å²) in [7, 11) is -3.37. The van der Waals surface area contributed by atoms with Crippen LogP contribution in [0.2, 0.25) is 0 Å². The summed E-state index contributed by atoms with van der Waals surface area (Å²) >= 11 is 1.90. The number of carboxylic acids is 1. The lowest BCUT2D eigenvalue weighted by Crippen LogP contribution is -2.42. The van der Waals surface area contributed by atoms with Gasteiger partial charge in [0, 0.05) is 36.2 Å². The van der Waals surface area contributed by atoms with Crippen molar-refractivity contribution in [2.24, 2.45) is 5.92 Å². The van der Waals surface area contributed by atoms with Gasteiger partial charge in [0.25, 0.3) is 5.91 Å². The van der Waals surface area contributed by atoms with Crippen LogP contribution < -0.4 is 5.32 Å². The number of carbonyl (C=O) groups excluding carboxylic acids is 1. The molecule has 0 radical (unpaired) electrons. The Kier molecular flexibility index (Phi) is 11.5. The van der Waals surface area contributed by atoms with Crippen LogP contribution in [0, 0.1) is 12.8 Å². The molecule has 2 aromatic rings. The number of nitrogens with zero attached hydrogens (tertiary/aromatic N) is 1. The standard InChI is InChI=1S/C33H46N2O5S2/c1-23-9-7-8-12-28(23)30-20-25(13-16-29(30)32(36)34-31(33(37)38)17-18-42(3,39)40)21-35-26(14-15-27(35)22-41-2)19-24-10-5-4-6-11-24/h7-9,12-13,16,20,24,26-27,31H,4-6,10-11,14-15,17-19,21-22H2,1-3H3,(H,34,36)(H,37,38)/t26-,27+,31?/m0/s1. The molecule has 42 heavy (non-hydrogen) atoms. The average Bonchev–Trinajstić information content (AvgIpc) is 3.31. The zero-order valence-corrected chi connectivity index (χ0v) is 26.8. The van der Waals surface area contributed by atoms with Gasteiger partial charge in [-0.3, -0.25) is 9.69 Å². The van der Waals surface area contributed by atoms with Crippen LogP contribution in [0.1, 0.15) is 79.3 Å². The number of hydrogen-bond acceptors (Lipinski definition) is 6. The van der Waals surface area contributed by atoms with Crippen molar-refractivity contribution in [1.29, 1.82) is 0 Å². The zero-order valence-electron chi connectivity index (χ0n) is 25.2. The predicted molar refractivity (Wildman–Crippen MR) is 172 cm³/mol. The normalized spacial score (nSPS) is 20.8. The van der Waals surface area contributed by atoms with Gasteiger partial charge in [0.1, 0.15) is 15.9 Å². The van der Waals surface area contributed by atoms with E-state index in [1.807, 2.05) is 49.0 Å². The van der Waals surface area contributed by atoms with E-state index in [-0.39, 0.29) is 12.2 Å². The number of aryl methyl sites for hydroxylation is 1. The van der Waals surface area contributed by atoms with Crippen molar-refractivity contribution in [2.75, 3.05) is 24.0 Å². The highest BCUT2D eigenvalue weighted by atomic mass is 32.2. The van der Waals surface area contributed by atoms with Gasteiger partial charge in [-0.1, -0.05) is 62.4 Å². The maximum atomic E-state index is 13.5. The third-order valence-corrected chi connectivity index (χ3v) is 10.7. The van der Waals surface area contributed by atoms with E-state index in [9.17, 15) is 23.1 Å². The molecule has 1 heterocycles. The minimum Gasteiger partial charge on any atom is -0.480 e. The topological polar surface area (TPSA) is 104 Å². The van der Waals surface area contributed by atoms with Crippen LogP contribution in [-0.2, 0) is 21.2 Å². The largest absolute Gasteiger partial charge is 0.480 e. The second kappa shape index (κ2) is 14.9. The number of hydrogen-bond donors (Lipinski definition) is 2. The van der Waals surface area contributed by atoms with Gasteiger partial charge >= 0.3 is 5.97 Å². The lowest BCUT2D eigenvalue weighted by molar-refractivity contribution is -0.139. The maximum absolute atomic E-state index is 13.5. The molecule has 1 unspecified atom stereocenters. The Morgan fingerprint density at radius 3 is 2.40 bits per heavy atom. The van der Waals surface area contributed by atoms with E-state index >= 15 is 0 Å². The van der Waals surface area contributed by atoms with E-state index in [1.165, 1.54) is 51.4 Å². The van der Waals surface area contributed by atoms with Gasteiger partial charge in [0.05, 0.1) is 5.75 Å². The molecule has 230 valence electrons. The SMILES string of the molecule is CSC[C@H]1CC[C@@H](CC2CCCCC2)N1Cc1ccc(C(=O)NC(CCS(C)(=O)=O)C(=O)O)c(-c2ccccc2C)c1. The van der Waals surface area contributed by atoms with Gasteiger partial charge in [-0.25, -0.2) is 13.2 Å². The first-order valence-electron chi connectivity index (χ1n) is 15.2. The Morgan fingerprint density at radius 2 is 1.74 bits per heavy atom. The predicted octanol–water partition coefficient (Wildman–Crippen LogP) is 5.95. The van der Waals surface area contributed by atoms with E-state index in [1.54, 1.807) is 6.07 Å². The molecule has 7 nitrogen and oxygen atoms in total. The number of sulfone groups is 1. The summed E-state index contributed by atoms with van der Waals surface area (Å²) in [5.74, 6) is -0.159. The first-order valence-corrected chi connectivity index (χ1v) is 18.7. The van der Waals surface area contributed by atoms with Crippen molar-refractivity contribution in [1.82, 2.24) is 10.2 Å². The minimum atomic E-state index is -3.37. The molecule has 2 N–H and O–H groups in total. The molecule has 2 aliphatic rings. The lowest BCUT2D eigenvalue weighted by atomic mass is 9.84. The van der Waals surface area contributed by atoms with Crippen molar-refractivity contribution in [3.63, 3.8) is 0 Å². The summed E-state index contributed by atoms with van der Waals surface area (Å²) in [5, 5.41) is 12.3. The summed E-state index contributed by atoms with van der Waals surface area (Å²) in [6, 6.07) is 13.6. The van der Waals surface area contributed by atoms with E-state index in [0.717, 1.165) is 46.7 Å².